The van der Waals surface area contributed by atoms with E-state index < -0.39 is 23.0 Å². The van der Waals surface area contributed by atoms with Crippen molar-refractivity contribution in [3.8, 4) is 5.75 Å². The molecule has 0 saturated heterocycles. The van der Waals surface area contributed by atoms with Gasteiger partial charge < -0.3 is 14.8 Å². The van der Waals surface area contributed by atoms with Crippen molar-refractivity contribution in [3.63, 3.8) is 0 Å². The van der Waals surface area contributed by atoms with Gasteiger partial charge in [-0.15, -0.1) is 5.10 Å². The third-order valence-corrected chi connectivity index (χ3v) is 5.66. The molecule has 4 rings (SSSR count). The Kier molecular flexibility index (Phi) is 7.30. The van der Waals surface area contributed by atoms with Crippen molar-refractivity contribution in [2.45, 2.75) is 20.1 Å². The average molecular weight is 567 g/mol. The highest BCUT2D eigenvalue weighted by molar-refractivity contribution is 9.10. The molecular formula is C25H19BrN4O7. The van der Waals surface area contributed by atoms with Crippen molar-refractivity contribution >= 4 is 51.0 Å². The summed E-state index contributed by atoms with van der Waals surface area (Å²) < 4.78 is 11.9. The van der Waals surface area contributed by atoms with Gasteiger partial charge in [-0.25, -0.2) is 0 Å². The number of nitro benzene ring substituents is 1. The lowest BCUT2D eigenvalue weighted by atomic mass is 10.1. The number of carbonyl (C=O) groups is 3. The first-order valence-electron chi connectivity index (χ1n) is 10.8. The molecule has 3 aromatic rings. The molecule has 0 spiro atoms. The minimum atomic E-state index is -0.904. The predicted molar refractivity (Wildman–Crippen MR) is 136 cm³/mol. The summed E-state index contributed by atoms with van der Waals surface area (Å²) in [5.74, 6) is -1.12. The molecule has 0 aromatic heterocycles. The van der Waals surface area contributed by atoms with Crippen molar-refractivity contribution in [1.29, 1.82) is 0 Å². The zero-order valence-electron chi connectivity index (χ0n) is 19.5. The van der Waals surface area contributed by atoms with E-state index in [0.717, 1.165) is 5.01 Å². The number of rotatable bonds is 6. The first-order valence-corrected chi connectivity index (χ1v) is 11.6. The predicted octanol–water partition coefficient (Wildman–Crippen LogP) is 4.77. The number of hydrazone groups is 1. The summed E-state index contributed by atoms with van der Waals surface area (Å²) in [5, 5.41) is 19.1. The smallest absolute Gasteiger partial charge is 0.308 e. The minimum absolute atomic E-state index is 0.0841. The molecule has 0 radical (unpaired) electrons. The van der Waals surface area contributed by atoms with Crippen LogP contribution in [0.2, 0.25) is 0 Å². The topological polar surface area (TPSA) is 140 Å². The lowest BCUT2D eigenvalue weighted by molar-refractivity contribution is -0.384. The van der Waals surface area contributed by atoms with Crippen LogP contribution in [0.1, 0.15) is 41.6 Å². The monoisotopic (exact) mass is 566 g/mol. The van der Waals surface area contributed by atoms with Crippen LogP contribution in [0, 0.1) is 10.1 Å². The van der Waals surface area contributed by atoms with E-state index in [1.165, 1.54) is 38.1 Å². The lowest BCUT2D eigenvalue weighted by Crippen LogP contribution is -2.25. The zero-order valence-corrected chi connectivity index (χ0v) is 21.1. The first kappa shape index (κ1) is 25.5. The van der Waals surface area contributed by atoms with Crippen LogP contribution in [0.3, 0.4) is 0 Å². The third kappa shape index (κ3) is 5.81. The largest absolute Gasteiger partial charge is 0.446 e. The van der Waals surface area contributed by atoms with Crippen LogP contribution in [-0.2, 0) is 14.3 Å². The Labute approximate surface area is 219 Å². The van der Waals surface area contributed by atoms with E-state index in [0.29, 0.717) is 21.3 Å². The summed E-state index contributed by atoms with van der Waals surface area (Å²) in [6, 6.07) is 16.8. The molecule has 2 amide bonds. The number of anilines is 1. The highest BCUT2D eigenvalue weighted by Crippen LogP contribution is 2.34. The number of non-ortho nitro benzene ring substituents is 1. The molecule has 1 heterocycles. The van der Waals surface area contributed by atoms with Gasteiger partial charge >= 0.3 is 5.97 Å². The Hall–Kier alpha value is -4.58. The molecule has 0 bridgehead atoms. The maximum Gasteiger partial charge on any atom is 0.308 e. The molecule has 188 valence electrons. The maximum absolute atomic E-state index is 12.5. The summed E-state index contributed by atoms with van der Waals surface area (Å²) in [7, 11) is 0. The van der Waals surface area contributed by atoms with Gasteiger partial charge in [0.05, 0.1) is 10.5 Å². The van der Waals surface area contributed by atoms with Gasteiger partial charge in [0.1, 0.15) is 5.75 Å². The van der Waals surface area contributed by atoms with E-state index in [1.54, 1.807) is 42.5 Å². The molecule has 3 aromatic carbocycles. The second-order valence-corrected chi connectivity index (χ2v) is 8.77. The van der Waals surface area contributed by atoms with Crippen LogP contribution in [0.25, 0.3) is 0 Å². The number of nitrogens with zero attached hydrogens (tertiary/aromatic N) is 3. The first-order chi connectivity index (χ1) is 17.6. The van der Waals surface area contributed by atoms with Crippen molar-refractivity contribution in [1.82, 2.24) is 5.01 Å². The summed E-state index contributed by atoms with van der Waals surface area (Å²) in [5.41, 5.74) is 1.31. The van der Waals surface area contributed by atoms with Gasteiger partial charge in [0.2, 0.25) is 18.0 Å². The molecule has 1 N–H and O–H groups in total. The molecular weight excluding hydrogens is 548 g/mol. The Bertz CT molecular complexity index is 1440. The SMILES string of the molecule is CC(=O)Oc1ccc(Br)cc1C1=NN(C(C)=O)[C@H](c2ccc(NC(=O)c3cccc([N+](=O)[O-])c3)cc2)O1. The van der Waals surface area contributed by atoms with Gasteiger partial charge in [-0.05, 0) is 36.4 Å². The second-order valence-electron chi connectivity index (χ2n) is 7.86. The lowest BCUT2D eigenvalue weighted by Gasteiger charge is -2.19. The van der Waals surface area contributed by atoms with Gasteiger partial charge in [0, 0.05) is 47.3 Å². The van der Waals surface area contributed by atoms with Gasteiger partial charge in [0.25, 0.3) is 11.6 Å². The normalized spacial score (nSPS) is 14.4. The molecule has 0 aliphatic carbocycles. The number of amides is 2. The Balaban J connectivity index is 1.55. The highest BCUT2D eigenvalue weighted by atomic mass is 79.9. The number of ether oxygens (including phenoxy) is 2. The van der Waals surface area contributed by atoms with Crippen molar-refractivity contribution in [3.05, 3.63) is 98.0 Å². The van der Waals surface area contributed by atoms with Crippen LogP contribution >= 0.6 is 15.9 Å². The van der Waals surface area contributed by atoms with Crippen molar-refractivity contribution in [2.75, 3.05) is 5.32 Å². The summed E-state index contributed by atoms with van der Waals surface area (Å²) in [6.45, 7) is 2.61. The van der Waals surface area contributed by atoms with Crippen LogP contribution < -0.4 is 10.1 Å². The number of esters is 1. The summed E-state index contributed by atoms with van der Waals surface area (Å²) >= 11 is 3.37. The van der Waals surface area contributed by atoms with Crippen LogP contribution in [0.4, 0.5) is 11.4 Å². The molecule has 1 atom stereocenters. The van der Waals surface area contributed by atoms with Gasteiger partial charge in [0.15, 0.2) is 0 Å². The molecule has 0 fully saturated rings. The van der Waals surface area contributed by atoms with Crippen molar-refractivity contribution < 1.29 is 28.8 Å². The molecule has 12 heteroatoms. The molecule has 37 heavy (non-hydrogen) atoms. The quantitative estimate of drug-likeness (QED) is 0.196. The number of hydrogen-bond acceptors (Lipinski definition) is 8. The number of benzene rings is 3. The highest BCUT2D eigenvalue weighted by Gasteiger charge is 2.34. The van der Waals surface area contributed by atoms with Gasteiger partial charge in [-0.2, -0.15) is 5.01 Å². The summed E-state index contributed by atoms with van der Waals surface area (Å²) in [6.07, 6.45) is -0.904. The van der Waals surface area contributed by atoms with Gasteiger partial charge in [-0.3, -0.25) is 24.5 Å². The van der Waals surface area contributed by atoms with E-state index in [2.05, 4.69) is 26.3 Å². The average Bonchev–Trinajstić information content (AvgIpc) is 3.31. The number of nitro groups is 1. The number of nitrogens with one attached hydrogen (secondary N) is 1. The molecule has 0 saturated carbocycles. The fourth-order valence-corrected chi connectivity index (χ4v) is 3.86. The van der Waals surface area contributed by atoms with E-state index in [-0.39, 0.29) is 28.8 Å². The molecule has 1 aliphatic rings. The van der Waals surface area contributed by atoms with Crippen LogP contribution in [0.5, 0.6) is 5.75 Å². The molecule has 11 nitrogen and oxygen atoms in total. The van der Waals surface area contributed by atoms with Gasteiger partial charge in [-0.1, -0.05) is 34.1 Å². The zero-order chi connectivity index (χ0) is 26.7. The van der Waals surface area contributed by atoms with E-state index >= 15 is 0 Å². The fraction of sp³-hybridized carbons (Fsp3) is 0.120. The summed E-state index contributed by atoms with van der Waals surface area (Å²) in [4.78, 5) is 46.8. The third-order valence-electron chi connectivity index (χ3n) is 5.17. The maximum atomic E-state index is 12.5. The standard InChI is InChI=1S/C25H19BrN4O7/c1-14(31)29-25(37-24(28-29)21-13-18(26)8-11-22(21)36-15(2)32)16-6-9-19(10-7-16)27-23(33)17-4-3-5-20(12-17)30(34)35/h3-13,25H,1-2H3,(H,27,33)/t25-/m0/s1. The Morgan fingerprint density at radius 1 is 1.08 bits per heavy atom. The molecule has 0 unspecified atom stereocenters. The second kappa shape index (κ2) is 10.6. The van der Waals surface area contributed by atoms with E-state index in [4.69, 9.17) is 9.47 Å². The minimum Gasteiger partial charge on any atom is -0.446 e. The van der Waals surface area contributed by atoms with Crippen molar-refractivity contribution in [2.24, 2.45) is 5.10 Å². The fourth-order valence-electron chi connectivity index (χ4n) is 3.50. The Morgan fingerprint density at radius 3 is 2.46 bits per heavy atom. The van der Waals surface area contributed by atoms with E-state index in [9.17, 15) is 24.5 Å². The number of hydrogen-bond donors (Lipinski definition) is 1. The number of carbonyl (C=O) groups excluding carboxylic acids is 3. The van der Waals surface area contributed by atoms with E-state index in [1.807, 2.05) is 0 Å². The Morgan fingerprint density at radius 2 is 1.81 bits per heavy atom. The number of halogens is 1. The van der Waals surface area contributed by atoms with Crippen LogP contribution in [0.15, 0.2) is 76.3 Å². The van der Waals surface area contributed by atoms with Crippen LogP contribution in [-0.4, -0.2) is 33.6 Å². The molecule has 1 aliphatic heterocycles.